The van der Waals surface area contributed by atoms with Crippen LogP contribution in [0.2, 0.25) is 0 Å². The van der Waals surface area contributed by atoms with E-state index in [0.29, 0.717) is 12.3 Å². The number of fused-ring (bicyclic) bond motifs is 3. The molecular formula is C24H28N4O3. The number of carbonyl (C=O) groups is 2. The average Bonchev–Trinajstić information content (AvgIpc) is 3.47. The minimum Gasteiger partial charge on any atom is -0.467 e. The standard InChI is InChI=1S/C24H28N4O3/c1-4-5-14-26(24(30)25(2)3)17-22(29)28-19-11-7-6-10-18(19)27-15-8-12-20(27)23(28)21-13-9-16-31-21/h6-13,15-16,23H,4-5,14,17H2,1-3H3. The van der Waals surface area contributed by atoms with E-state index in [0.717, 1.165) is 29.9 Å². The molecule has 162 valence electrons. The molecule has 3 amide bonds. The molecular weight excluding hydrogens is 392 g/mol. The van der Waals surface area contributed by atoms with Crippen LogP contribution in [0.4, 0.5) is 10.5 Å². The highest BCUT2D eigenvalue weighted by molar-refractivity contribution is 6.00. The third-order valence-corrected chi connectivity index (χ3v) is 5.56. The molecule has 1 aliphatic heterocycles. The van der Waals surface area contributed by atoms with Gasteiger partial charge in [-0.3, -0.25) is 9.69 Å². The van der Waals surface area contributed by atoms with Gasteiger partial charge < -0.3 is 18.8 Å². The lowest BCUT2D eigenvalue weighted by atomic mass is 10.0. The molecule has 0 aliphatic carbocycles. The minimum absolute atomic E-state index is 0.00324. The van der Waals surface area contributed by atoms with Crippen molar-refractivity contribution in [3.05, 3.63) is 72.4 Å². The van der Waals surface area contributed by atoms with Crippen molar-refractivity contribution < 1.29 is 14.0 Å². The van der Waals surface area contributed by atoms with Gasteiger partial charge in [0.2, 0.25) is 5.91 Å². The molecule has 0 radical (unpaired) electrons. The van der Waals surface area contributed by atoms with E-state index in [1.54, 1.807) is 30.2 Å². The Hall–Kier alpha value is -3.48. The van der Waals surface area contributed by atoms with Crippen molar-refractivity contribution in [2.24, 2.45) is 0 Å². The number of unbranched alkanes of at least 4 members (excludes halogenated alkanes) is 1. The topological polar surface area (TPSA) is 61.9 Å². The number of rotatable bonds is 6. The largest absolute Gasteiger partial charge is 0.467 e. The van der Waals surface area contributed by atoms with Crippen LogP contribution < -0.4 is 4.90 Å². The lowest BCUT2D eigenvalue weighted by Gasteiger charge is -2.38. The number of para-hydroxylation sites is 2. The quantitative estimate of drug-likeness (QED) is 0.598. The Morgan fingerprint density at radius 2 is 1.81 bits per heavy atom. The second kappa shape index (κ2) is 8.71. The molecule has 1 aliphatic rings. The summed E-state index contributed by atoms with van der Waals surface area (Å²) in [6, 6.07) is 14.9. The van der Waals surface area contributed by atoms with Crippen LogP contribution in [0.15, 0.2) is 65.4 Å². The number of nitrogens with zero attached hydrogens (tertiary/aromatic N) is 4. The smallest absolute Gasteiger partial charge is 0.319 e. The summed E-state index contributed by atoms with van der Waals surface area (Å²) >= 11 is 0. The van der Waals surface area contributed by atoms with Crippen molar-refractivity contribution >= 4 is 17.6 Å². The van der Waals surface area contributed by atoms with Gasteiger partial charge in [0.05, 0.1) is 23.3 Å². The monoisotopic (exact) mass is 420 g/mol. The summed E-state index contributed by atoms with van der Waals surface area (Å²) < 4.78 is 7.84. The molecule has 1 atom stereocenters. The van der Waals surface area contributed by atoms with Crippen molar-refractivity contribution in [2.75, 3.05) is 32.1 Å². The summed E-state index contributed by atoms with van der Waals surface area (Å²) in [4.78, 5) is 31.4. The molecule has 0 saturated carbocycles. The van der Waals surface area contributed by atoms with Gasteiger partial charge in [-0.1, -0.05) is 25.5 Å². The molecule has 0 N–H and O–H groups in total. The predicted molar refractivity (Wildman–Crippen MR) is 119 cm³/mol. The number of benzene rings is 1. The van der Waals surface area contributed by atoms with E-state index in [1.807, 2.05) is 54.7 Å². The van der Waals surface area contributed by atoms with Gasteiger partial charge in [-0.2, -0.15) is 0 Å². The first-order valence-corrected chi connectivity index (χ1v) is 10.6. The van der Waals surface area contributed by atoms with Crippen LogP contribution in [0.3, 0.4) is 0 Å². The van der Waals surface area contributed by atoms with Crippen LogP contribution >= 0.6 is 0 Å². The summed E-state index contributed by atoms with van der Waals surface area (Å²) in [5.74, 6) is 0.537. The van der Waals surface area contributed by atoms with Crippen molar-refractivity contribution in [2.45, 2.75) is 25.8 Å². The molecule has 0 fully saturated rings. The highest BCUT2D eigenvalue weighted by atomic mass is 16.3. The number of urea groups is 1. The van der Waals surface area contributed by atoms with E-state index >= 15 is 0 Å². The van der Waals surface area contributed by atoms with Crippen molar-refractivity contribution in [3.8, 4) is 5.69 Å². The maximum absolute atomic E-state index is 13.8. The molecule has 1 unspecified atom stereocenters. The minimum atomic E-state index is -0.408. The molecule has 1 aromatic carbocycles. The van der Waals surface area contributed by atoms with Crippen molar-refractivity contribution in [1.29, 1.82) is 0 Å². The molecule has 4 rings (SSSR count). The van der Waals surface area contributed by atoms with E-state index in [-0.39, 0.29) is 18.5 Å². The molecule has 3 aromatic rings. The van der Waals surface area contributed by atoms with E-state index in [2.05, 4.69) is 11.5 Å². The van der Waals surface area contributed by atoms with Gasteiger partial charge in [-0.05, 0) is 42.8 Å². The lowest BCUT2D eigenvalue weighted by Crippen LogP contribution is -2.49. The first-order chi connectivity index (χ1) is 15.0. The molecule has 3 heterocycles. The van der Waals surface area contributed by atoms with Crippen LogP contribution in [0.1, 0.15) is 37.3 Å². The summed E-state index contributed by atoms with van der Waals surface area (Å²) in [6.45, 7) is 2.61. The number of carbonyl (C=O) groups excluding carboxylic acids is 2. The third-order valence-electron chi connectivity index (χ3n) is 5.56. The SMILES string of the molecule is CCCCN(CC(=O)N1c2ccccc2-n2cccc2C1c1ccco1)C(=O)N(C)C. The summed E-state index contributed by atoms with van der Waals surface area (Å²) in [5.41, 5.74) is 2.67. The first-order valence-electron chi connectivity index (χ1n) is 10.6. The fraction of sp³-hybridized carbons (Fsp3) is 0.333. The highest BCUT2D eigenvalue weighted by Crippen LogP contribution is 2.42. The molecule has 0 saturated heterocycles. The summed E-state index contributed by atoms with van der Waals surface area (Å²) in [5, 5.41) is 0. The zero-order valence-electron chi connectivity index (χ0n) is 18.2. The lowest BCUT2D eigenvalue weighted by molar-refractivity contribution is -0.119. The zero-order chi connectivity index (χ0) is 22.0. The van der Waals surface area contributed by atoms with Crippen LogP contribution in [-0.4, -0.2) is 53.5 Å². The van der Waals surface area contributed by atoms with Gasteiger partial charge in [0.15, 0.2) is 0 Å². The zero-order valence-corrected chi connectivity index (χ0v) is 18.2. The summed E-state index contributed by atoms with van der Waals surface area (Å²) in [7, 11) is 3.42. The molecule has 0 bridgehead atoms. The number of hydrogen-bond acceptors (Lipinski definition) is 3. The van der Waals surface area contributed by atoms with Crippen molar-refractivity contribution in [3.63, 3.8) is 0 Å². The van der Waals surface area contributed by atoms with Crippen LogP contribution in [0.5, 0.6) is 0 Å². The maximum atomic E-state index is 13.8. The van der Waals surface area contributed by atoms with Gasteiger partial charge >= 0.3 is 6.03 Å². The van der Waals surface area contributed by atoms with Gasteiger partial charge in [0.25, 0.3) is 0 Å². The fourth-order valence-electron chi connectivity index (χ4n) is 4.09. The third kappa shape index (κ3) is 3.83. The second-order valence-corrected chi connectivity index (χ2v) is 7.93. The van der Waals surface area contributed by atoms with E-state index < -0.39 is 6.04 Å². The number of anilines is 1. The van der Waals surface area contributed by atoms with Crippen LogP contribution in [-0.2, 0) is 4.79 Å². The molecule has 2 aromatic heterocycles. The number of aromatic nitrogens is 1. The Balaban J connectivity index is 1.75. The molecule has 7 nitrogen and oxygen atoms in total. The first kappa shape index (κ1) is 20.8. The normalized spacial score (nSPS) is 14.7. The second-order valence-electron chi connectivity index (χ2n) is 7.93. The van der Waals surface area contributed by atoms with Crippen molar-refractivity contribution in [1.82, 2.24) is 14.4 Å². The predicted octanol–water partition coefficient (Wildman–Crippen LogP) is 4.29. The number of furan rings is 1. The Labute approximate surface area is 182 Å². The Bertz CT molecular complexity index is 1050. The molecule has 0 spiro atoms. The van der Waals surface area contributed by atoms with Gasteiger partial charge in [-0.15, -0.1) is 0 Å². The Morgan fingerprint density at radius 3 is 2.48 bits per heavy atom. The molecule has 7 heteroatoms. The van der Waals surface area contributed by atoms with Gasteiger partial charge in [-0.25, -0.2) is 4.79 Å². The highest BCUT2D eigenvalue weighted by Gasteiger charge is 2.38. The fourth-order valence-corrected chi connectivity index (χ4v) is 4.09. The van der Waals surface area contributed by atoms with Crippen LogP contribution in [0.25, 0.3) is 5.69 Å². The van der Waals surface area contributed by atoms with Gasteiger partial charge in [0.1, 0.15) is 18.3 Å². The maximum Gasteiger partial charge on any atom is 0.319 e. The molecule has 31 heavy (non-hydrogen) atoms. The van der Waals surface area contributed by atoms with E-state index in [9.17, 15) is 9.59 Å². The number of amides is 3. The number of hydrogen-bond donors (Lipinski definition) is 0. The summed E-state index contributed by atoms with van der Waals surface area (Å²) in [6.07, 6.45) is 5.40. The van der Waals surface area contributed by atoms with Crippen LogP contribution in [0, 0.1) is 0 Å². The Kier molecular flexibility index (Phi) is 5.84. The van der Waals surface area contributed by atoms with Gasteiger partial charge in [0, 0.05) is 26.8 Å². The average molecular weight is 421 g/mol. The van der Waals surface area contributed by atoms with E-state index in [1.165, 1.54) is 4.90 Å². The Morgan fingerprint density at radius 1 is 1.03 bits per heavy atom. The van der Waals surface area contributed by atoms with E-state index in [4.69, 9.17) is 4.42 Å².